The highest BCUT2D eigenvalue weighted by atomic mass is 16.5. The van der Waals surface area contributed by atoms with Gasteiger partial charge in [0.2, 0.25) is 0 Å². The third kappa shape index (κ3) is 5.38. The first-order valence-corrected chi connectivity index (χ1v) is 6.14. The van der Waals surface area contributed by atoms with E-state index in [1.54, 1.807) is 0 Å². The number of ether oxygens (including phenoxy) is 1. The van der Waals surface area contributed by atoms with E-state index in [1.165, 1.54) is 0 Å². The summed E-state index contributed by atoms with van der Waals surface area (Å²) in [6.45, 7) is 2.59. The van der Waals surface area contributed by atoms with E-state index in [2.05, 4.69) is 0 Å². The molecule has 0 spiro atoms. The minimum Gasteiger partial charge on any atom is -0.494 e. The Bertz CT molecular complexity index is 321. The summed E-state index contributed by atoms with van der Waals surface area (Å²) < 4.78 is 5.52. The fourth-order valence-electron chi connectivity index (χ4n) is 1.78. The van der Waals surface area contributed by atoms with Crippen molar-refractivity contribution in [3.8, 4) is 5.75 Å². The lowest BCUT2D eigenvalue weighted by Gasteiger charge is -2.11. The molecule has 1 N–H and O–H groups in total. The van der Waals surface area contributed by atoms with Gasteiger partial charge in [0.05, 0.1) is 12.5 Å². The van der Waals surface area contributed by atoms with Gasteiger partial charge in [-0.1, -0.05) is 31.5 Å². The predicted octanol–water partition coefficient (Wildman–Crippen LogP) is 3.35. The van der Waals surface area contributed by atoms with Crippen LogP contribution in [0, 0.1) is 5.92 Å². The van der Waals surface area contributed by atoms with Crippen LogP contribution in [0.5, 0.6) is 5.75 Å². The van der Waals surface area contributed by atoms with Gasteiger partial charge in [-0.2, -0.15) is 0 Å². The van der Waals surface area contributed by atoms with Gasteiger partial charge < -0.3 is 9.84 Å². The minimum absolute atomic E-state index is 0.223. The molecule has 1 aromatic rings. The zero-order valence-electron chi connectivity index (χ0n) is 10.3. The smallest absolute Gasteiger partial charge is 0.306 e. The second-order valence-corrected chi connectivity index (χ2v) is 4.13. The van der Waals surface area contributed by atoms with Crippen LogP contribution in [-0.2, 0) is 4.79 Å². The fraction of sp³-hybridized carbons (Fsp3) is 0.500. The molecule has 3 nitrogen and oxygen atoms in total. The molecule has 1 atom stereocenters. The summed E-state index contributed by atoms with van der Waals surface area (Å²) >= 11 is 0. The first-order valence-electron chi connectivity index (χ1n) is 6.14. The molecular formula is C14H20O3. The first kappa shape index (κ1) is 13.6. The Kier molecular flexibility index (Phi) is 6.15. The Morgan fingerprint density at radius 3 is 2.59 bits per heavy atom. The van der Waals surface area contributed by atoms with E-state index < -0.39 is 5.97 Å². The molecule has 0 saturated heterocycles. The zero-order chi connectivity index (χ0) is 12.5. The Labute approximate surface area is 102 Å². The monoisotopic (exact) mass is 236 g/mol. The van der Waals surface area contributed by atoms with Crippen molar-refractivity contribution in [2.75, 3.05) is 6.61 Å². The average molecular weight is 236 g/mol. The zero-order valence-corrected chi connectivity index (χ0v) is 10.3. The van der Waals surface area contributed by atoms with Crippen molar-refractivity contribution in [1.29, 1.82) is 0 Å². The van der Waals surface area contributed by atoms with E-state index in [1.807, 2.05) is 37.3 Å². The van der Waals surface area contributed by atoms with E-state index in [-0.39, 0.29) is 5.92 Å². The maximum Gasteiger partial charge on any atom is 0.306 e. The number of para-hydroxylation sites is 1. The molecule has 1 rings (SSSR count). The second-order valence-electron chi connectivity index (χ2n) is 4.13. The van der Waals surface area contributed by atoms with Crippen molar-refractivity contribution >= 4 is 5.97 Å². The van der Waals surface area contributed by atoms with Crippen LogP contribution in [0.25, 0.3) is 0 Å². The molecule has 0 aromatic heterocycles. The molecule has 0 radical (unpaired) electrons. The van der Waals surface area contributed by atoms with Gasteiger partial charge in [0.15, 0.2) is 0 Å². The maximum absolute atomic E-state index is 10.9. The highest BCUT2D eigenvalue weighted by Crippen LogP contribution is 2.15. The van der Waals surface area contributed by atoms with Crippen LogP contribution in [0.2, 0.25) is 0 Å². The third-order valence-corrected chi connectivity index (χ3v) is 2.70. The number of carboxylic acid groups (broad SMARTS) is 1. The Hall–Kier alpha value is -1.51. The van der Waals surface area contributed by atoms with Crippen LogP contribution in [0.4, 0.5) is 0 Å². The van der Waals surface area contributed by atoms with Crippen molar-refractivity contribution in [2.45, 2.75) is 32.6 Å². The van der Waals surface area contributed by atoms with Crippen LogP contribution < -0.4 is 4.74 Å². The Morgan fingerprint density at radius 2 is 2.00 bits per heavy atom. The number of benzene rings is 1. The van der Waals surface area contributed by atoms with Gasteiger partial charge in [0.1, 0.15) is 5.75 Å². The van der Waals surface area contributed by atoms with Crippen molar-refractivity contribution in [3.05, 3.63) is 30.3 Å². The van der Waals surface area contributed by atoms with E-state index >= 15 is 0 Å². The largest absolute Gasteiger partial charge is 0.494 e. The van der Waals surface area contributed by atoms with Gasteiger partial charge in [-0.25, -0.2) is 0 Å². The van der Waals surface area contributed by atoms with Gasteiger partial charge in [-0.15, -0.1) is 0 Å². The van der Waals surface area contributed by atoms with Crippen LogP contribution in [0.3, 0.4) is 0 Å². The highest BCUT2D eigenvalue weighted by molar-refractivity contribution is 5.69. The molecule has 17 heavy (non-hydrogen) atoms. The summed E-state index contributed by atoms with van der Waals surface area (Å²) in [5.41, 5.74) is 0. The van der Waals surface area contributed by atoms with E-state index in [4.69, 9.17) is 9.84 Å². The average Bonchev–Trinajstić information content (AvgIpc) is 2.34. The molecule has 0 amide bonds. The van der Waals surface area contributed by atoms with Gasteiger partial charge in [0, 0.05) is 0 Å². The molecular weight excluding hydrogens is 216 g/mol. The summed E-state index contributed by atoms with van der Waals surface area (Å²) in [5.74, 6) is -0.0687. The number of rotatable bonds is 8. The molecule has 0 aliphatic carbocycles. The summed E-state index contributed by atoms with van der Waals surface area (Å²) in [6.07, 6.45) is 3.14. The van der Waals surface area contributed by atoms with E-state index in [0.29, 0.717) is 13.0 Å². The van der Waals surface area contributed by atoms with Crippen molar-refractivity contribution < 1.29 is 14.6 Å². The van der Waals surface area contributed by atoms with Crippen molar-refractivity contribution in [1.82, 2.24) is 0 Å². The predicted molar refractivity (Wildman–Crippen MR) is 67.2 cm³/mol. The van der Waals surface area contributed by atoms with Gasteiger partial charge in [-0.05, 0) is 31.4 Å². The first-order chi connectivity index (χ1) is 8.24. The number of carboxylic acids is 1. The van der Waals surface area contributed by atoms with E-state index in [9.17, 15) is 4.79 Å². The highest BCUT2D eigenvalue weighted by Gasteiger charge is 2.15. The van der Waals surface area contributed by atoms with Crippen LogP contribution in [-0.4, -0.2) is 17.7 Å². The van der Waals surface area contributed by atoms with E-state index in [0.717, 1.165) is 25.0 Å². The quantitative estimate of drug-likeness (QED) is 0.704. The molecule has 0 fully saturated rings. The van der Waals surface area contributed by atoms with Crippen LogP contribution in [0.1, 0.15) is 32.6 Å². The molecule has 3 heteroatoms. The van der Waals surface area contributed by atoms with Crippen LogP contribution >= 0.6 is 0 Å². The molecule has 0 bridgehead atoms. The summed E-state index contributed by atoms with van der Waals surface area (Å²) in [5, 5.41) is 8.98. The third-order valence-electron chi connectivity index (χ3n) is 2.70. The lowest BCUT2D eigenvalue weighted by atomic mass is 9.98. The molecule has 94 valence electrons. The Balaban J connectivity index is 2.20. The SMILES string of the molecule is CCCC(CCCOc1ccccc1)C(=O)O. The number of hydrogen-bond donors (Lipinski definition) is 1. The van der Waals surface area contributed by atoms with Crippen LogP contribution in [0.15, 0.2) is 30.3 Å². The molecule has 0 saturated carbocycles. The normalized spacial score (nSPS) is 12.1. The van der Waals surface area contributed by atoms with Crippen molar-refractivity contribution in [3.63, 3.8) is 0 Å². The topological polar surface area (TPSA) is 46.5 Å². The number of aliphatic carboxylic acids is 1. The summed E-state index contributed by atoms with van der Waals surface area (Å²) in [6, 6.07) is 9.59. The fourth-order valence-corrected chi connectivity index (χ4v) is 1.78. The van der Waals surface area contributed by atoms with Crippen molar-refractivity contribution in [2.24, 2.45) is 5.92 Å². The number of hydrogen-bond acceptors (Lipinski definition) is 2. The molecule has 0 aliphatic rings. The van der Waals surface area contributed by atoms with Gasteiger partial charge >= 0.3 is 5.97 Å². The van der Waals surface area contributed by atoms with Gasteiger partial charge in [0.25, 0.3) is 0 Å². The standard InChI is InChI=1S/C14H20O3/c1-2-7-12(14(15)16)8-6-11-17-13-9-4-3-5-10-13/h3-5,9-10,12H,2,6-8,11H2,1H3,(H,15,16). The molecule has 0 heterocycles. The molecule has 1 aromatic carbocycles. The summed E-state index contributed by atoms with van der Waals surface area (Å²) in [7, 11) is 0. The van der Waals surface area contributed by atoms with Gasteiger partial charge in [-0.3, -0.25) is 4.79 Å². The molecule has 1 unspecified atom stereocenters. The molecule has 0 aliphatic heterocycles. The minimum atomic E-state index is -0.688. The maximum atomic E-state index is 10.9. The summed E-state index contributed by atoms with van der Waals surface area (Å²) in [4.78, 5) is 10.9. The lowest BCUT2D eigenvalue weighted by Crippen LogP contribution is -2.14. The number of carbonyl (C=O) groups is 1. The lowest BCUT2D eigenvalue weighted by molar-refractivity contribution is -0.142. The second kappa shape index (κ2) is 7.71. The Morgan fingerprint density at radius 1 is 1.29 bits per heavy atom.